The molecule has 0 spiro atoms. The van der Waals surface area contributed by atoms with E-state index in [0.717, 1.165) is 23.0 Å². The minimum atomic E-state index is -0.357. The lowest BCUT2D eigenvalue weighted by atomic mass is 10.0. The van der Waals surface area contributed by atoms with Gasteiger partial charge in [-0.15, -0.1) is 0 Å². The highest BCUT2D eigenvalue weighted by Gasteiger charge is 2.18. The van der Waals surface area contributed by atoms with Gasteiger partial charge in [0.2, 0.25) is 5.36 Å². The van der Waals surface area contributed by atoms with Gasteiger partial charge in [-0.3, -0.25) is 0 Å². The highest BCUT2D eigenvalue weighted by Crippen LogP contribution is 2.32. The molecular formula is C18H22N4O3. The zero-order valence-electron chi connectivity index (χ0n) is 14.3. The number of pyridine rings is 1. The number of aromatic amines is 1. The van der Waals surface area contributed by atoms with E-state index in [9.17, 15) is 15.6 Å². The van der Waals surface area contributed by atoms with Gasteiger partial charge in [0.1, 0.15) is 6.54 Å². The quantitative estimate of drug-likeness (QED) is 0.287. The number of hydroxylamine groups is 3. The molecule has 0 bridgehead atoms. The molecule has 3 N–H and O–H groups in total. The number of hydrogen-bond acceptors (Lipinski definition) is 4. The van der Waals surface area contributed by atoms with E-state index in [4.69, 9.17) is 0 Å². The van der Waals surface area contributed by atoms with Crippen LogP contribution < -0.4 is 15.6 Å². The molecule has 7 nitrogen and oxygen atoms in total. The fourth-order valence-corrected chi connectivity index (χ4v) is 3.01. The monoisotopic (exact) mass is 342 g/mol. The molecule has 25 heavy (non-hydrogen) atoms. The maximum atomic E-state index is 11.5. The Morgan fingerprint density at radius 3 is 2.60 bits per heavy atom. The van der Waals surface area contributed by atoms with E-state index in [1.807, 2.05) is 30.3 Å². The first-order chi connectivity index (χ1) is 11.9. The number of H-pyrrole nitrogens is 1. The van der Waals surface area contributed by atoms with Gasteiger partial charge in [0.05, 0.1) is 31.0 Å². The maximum absolute atomic E-state index is 11.5. The maximum Gasteiger partial charge on any atom is 0.234 e. The van der Waals surface area contributed by atoms with Gasteiger partial charge in [-0.2, -0.15) is 9.55 Å². The van der Waals surface area contributed by atoms with Crippen LogP contribution in [0, 0.1) is 10.4 Å². The molecule has 132 valence electrons. The number of hydrogen-bond donors (Lipinski definition) is 3. The number of anilines is 1. The fourth-order valence-electron chi connectivity index (χ4n) is 3.01. The Hall–Kier alpha value is -2.77. The summed E-state index contributed by atoms with van der Waals surface area (Å²) < 4.78 is -0.105. The van der Waals surface area contributed by atoms with Crippen LogP contribution in [0.5, 0.6) is 0 Å². The summed E-state index contributed by atoms with van der Waals surface area (Å²) >= 11 is 0. The van der Waals surface area contributed by atoms with Gasteiger partial charge in [-0.25, -0.2) is 5.21 Å². The van der Waals surface area contributed by atoms with Gasteiger partial charge in [0.25, 0.3) is 0 Å². The minimum Gasteiger partial charge on any atom is -0.612 e. The molecule has 7 heteroatoms. The zero-order chi connectivity index (χ0) is 18.0. The second kappa shape index (κ2) is 6.62. The van der Waals surface area contributed by atoms with Crippen molar-refractivity contribution in [3.63, 3.8) is 0 Å². The first kappa shape index (κ1) is 17.1. The highest BCUT2D eigenvalue weighted by atomic mass is 16.8. The highest BCUT2D eigenvalue weighted by molar-refractivity contribution is 6.00. The van der Waals surface area contributed by atoms with E-state index >= 15 is 0 Å². The molecule has 1 aromatic carbocycles. The third kappa shape index (κ3) is 3.67. The Labute approximate surface area is 145 Å². The lowest BCUT2D eigenvalue weighted by molar-refractivity contribution is -1.07. The Morgan fingerprint density at radius 2 is 1.88 bits per heavy atom. The predicted molar refractivity (Wildman–Crippen MR) is 98.8 cm³/mol. The zero-order valence-corrected chi connectivity index (χ0v) is 14.3. The lowest BCUT2D eigenvalue weighted by Gasteiger charge is -2.21. The molecule has 1 aromatic rings. The van der Waals surface area contributed by atoms with E-state index in [1.165, 1.54) is 6.07 Å². The number of quaternary nitrogens is 1. The smallest absolute Gasteiger partial charge is 0.234 e. The van der Waals surface area contributed by atoms with Gasteiger partial charge >= 0.3 is 0 Å². The molecule has 0 fully saturated rings. The number of nitrogens with one attached hydrogen (secondary N) is 2. The van der Waals surface area contributed by atoms with Gasteiger partial charge in [-0.05, 0) is 12.1 Å². The molecule has 0 unspecified atom stereocenters. The molecule has 1 aliphatic carbocycles. The van der Waals surface area contributed by atoms with Gasteiger partial charge in [0, 0.05) is 29.9 Å². The Kier molecular flexibility index (Phi) is 4.52. The van der Waals surface area contributed by atoms with E-state index < -0.39 is 0 Å². The van der Waals surface area contributed by atoms with Gasteiger partial charge in [0.15, 0.2) is 0 Å². The van der Waals surface area contributed by atoms with E-state index in [2.05, 4.69) is 10.3 Å². The van der Waals surface area contributed by atoms with Crippen molar-refractivity contribution < 1.29 is 9.85 Å². The van der Waals surface area contributed by atoms with Crippen LogP contribution in [0.3, 0.4) is 0 Å². The molecule has 0 aromatic heterocycles. The average Bonchev–Trinajstić information content (AvgIpc) is 2.56. The third-order valence-corrected chi connectivity index (χ3v) is 4.14. The molecular weight excluding hydrogens is 320 g/mol. The summed E-state index contributed by atoms with van der Waals surface area (Å²) in [5, 5.41) is 37.1. The second-order valence-corrected chi connectivity index (χ2v) is 6.63. The normalized spacial score (nSPS) is 11.8. The molecule has 0 radical (unpaired) electrons. The van der Waals surface area contributed by atoms with E-state index in [-0.39, 0.29) is 14.9 Å². The SMILES string of the molecule is C[N+](C)(O)CCCNc1c2c(=[N+]([O-])[O-])cccc-2[nH]c2ccccc12. The standard InChI is InChI=1S/C18H22N4O3/c1-22(2,25)12-6-11-19-18-13-7-3-4-8-14(13)20-15-9-5-10-16(17(15)18)21(23)24/h3-5,7-10,19-20,25H,6,11-12H2,1-2H3. The average molecular weight is 342 g/mol. The van der Waals surface area contributed by atoms with Crippen LogP contribution >= 0.6 is 0 Å². The largest absolute Gasteiger partial charge is 0.612 e. The first-order valence-electron chi connectivity index (χ1n) is 8.17. The second-order valence-electron chi connectivity index (χ2n) is 6.63. The lowest BCUT2D eigenvalue weighted by Crippen LogP contribution is -2.37. The number of aromatic nitrogens is 1. The molecule has 0 saturated heterocycles. The summed E-state index contributed by atoms with van der Waals surface area (Å²) in [5.74, 6) is 0. The molecule has 0 amide bonds. The van der Waals surface area contributed by atoms with Crippen LogP contribution in [0.25, 0.3) is 22.2 Å². The minimum absolute atomic E-state index is 0.0697. The van der Waals surface area contributed by atoms with Crippen LogP contribution in [0.2, 0.25) is 0 Å². The van der Waals surface area contributed by atoms with Crippen molar-refractivity contribution in [1.29, 1.82) is 0 Å². The Bertz CT molecular complexity index is 924. The number of benzene rings is 2. The summed E-state index contributed by atoms with van der Waals surface area (Å²) in [6.07, 6.45) is 0.735. The van der Waals surface area contributed by atoms with Crippen LogP contribution in [0.4, 0.5) is 5.69 Å². The topological polar surface area (TPSA) is 97.2 Å². The summed E-state index contributed by atoms with van der Waals surface area (Å²) in [6, 6.07) is 12.8. The first-order valence-corrected chi connectivity index (χ1v) is 8.17. The van der Waals surface area contributed by atoms with Crippen molar-refractivity contribution in [2.75, 3.05) is 32.5 Å². The molecule has 3 rings (SSSR count). The van der Waals surface area contributed by atoms with Crippen molar-refractivity contribution in [1.82, 2.24) is 9.89 Å². The van der Waals surface area contributed by atoms with Crippen molar-refractivity contribution >= 4 is 16.6 Å². The number of nitrogens with zero attached hydrogens (tertiary/aromatic N) is 2. The molecule has 0 atom stereocenters. The molecule has 1 heterocycles. The summed E-state index contributed by atoms with van der Waals surface area (Å²) in [7, 11) is 3.43. The fraction of sp³-hybridized carbons (Fsp3) is 0.278. The summed E-state index contributed by atoms with van der Waals surface area (Å²) in [6.45, 7) is 1.20. The van der Waals surface area contributed by atoms with Gasteiger partial charge < -0.3 is 20.7 Å². The molecule has 0 saturated carbocycles. The number of fused-ring (bicyclic) bond motifs is 2. The summed E-state index contributed by atoms with van der Waals surface area (Å²) in [4.78, 5) is 2.91. The van der Waals surface area contributed by atoms with E-state index in [1.54, 1.807) is 20.2 Å². The number of rotatable bonds is 5. The Morgan fingerprint density at radius 1 is 1.12 bits per heavy atom. The molecule has 1 aliphatic heterocycles. The van der Waals surface area contributed by atoms with Crippen molar-refractivity contribution in [3.8, 4) is 11.3 Å². The van der Waals surface area contributed by atoms with E-state index in [0.29, 0.717) is 24.3 Å². The molecule has 2 aliphatic rings. The van der Waals surface area contributed by atoms with Crippen LogP contribution in [0.1, 0.15) is 6.42 Å². The van der Waals surface area contributed by atoms with Gasteiger partial charge in [-0.1, -0.05) is 24.3 Å². The number of para-hydroxylation sites is 1. The van der Waals surface area contributed by atoms with Crippen LogP contribution in [-0.4, -0.2) is 42.0 Å². The van der Waals surface area contributed by atoms with Crippen LogP contribution in [-0.2, 0) is 0 Å². The van der Waals surface area contributed by atoms with Crippen molar-refractivity contribution in [2.45, 2.75) is 6.42 Å². The third-order valence-electron chi connectivity index (χ3n) is 4.14. The predicted octanol–water partition coefficient (Wildman–Crippen LogP) is 2.31. The van der Waals surface area contributed by atoms with Crippen molar-refractivity contribution in [2.24, 2.45) is 0 Å². The summed E-state index contributed by atoms with van der Waals surface area (Å²) in [5.41, 5.74) is 2.95. The van der Waals surface area contributed by atoms with Crippen molar-refractivity contribution in [3.05, 3.63) is 58.2 Å². The van der Waals surface area contributed by atoms with Crippen LogP contribution in [0.15, 0.2) is 42.5 Å². The Balaban J connectivity index is 2.11.